The zero-order chi connectivity index (χ0) is 22.7. The van der Waals surface area contributed by atoms with Gasteiger partial charge in [-0.3, -0.25) is 14.5 Å². The number of carbonyl (C=O) groups is 2. The molecule has 2 atom stereocenters. The second-order valence-corrected chi connectivity index (χ2v) is 7.78. The van der Waals surface area contributed by atoms with Crippen LogP contribution in [-0.4, -0.2) is 55.3 Å². The molecule has 0 unspecified atom stereocenters. The van der Waals surface area contributed by atoms with E-state index in [2.05, 4.69) is 21.3 Å². The first-order chi connectivity index (χ1) is 15.5. The van der Waals surface area contributed by atoms with Crippen molar-refractivity contribution in [3.63, 3.8) is 0 Å². The van der Waals surface area contributed by atoms with Crippen LogP contribution in [0.5, 0.6) is 0 Å². The van der Waals surface area contributed by atoms with Crippen molar-refractivity contribution in [3.05, 3.63) is 66.1 Å². The lowest BCUT2D eigenvalue weighted by molar-refractivity contribution is -0.117. The zero-order valence-corrected chi connectivity index (χ0v) is 17.9. The van der Waals surface area contributed by atoms with Crippen LogP contribution in [-0.2, 0) is 4.79 Å². The Morgan fingerprint density at radius 3 is 2.59 bits per heavy atom. The number of anilines is 1. The van der Waals surface area contributed by atoms with E-state index in [0.29, 0.717) is 29.2 Å². The van der Waals surface area contributed by atoms with Gasteiger partial charge in [-0.2, -0.15) is 20.3 Å². The van der Waals surface area contributed by atoms with Crippen molar-refractivity contribution < 1.29 is 9.59 Å². The van der Waals surface area contributed by atoms with Crippen LogP contribution in [0.3, 0.4) is 0 Å². The summed E-state index contributed by atoms with van der Waals surface area (Å²) in [6.45, 7) is 3.85. The van der Waals surface area contributed by atoms with E-state index in [1.807, 2.05) is 19.1 Å². The Kier molecular flexibility index (Phi) is 5.94. The SMILES string of the molecule is CC(=O)N(c1cc(C#N)ccn1)[C@@H]1CC[C@@H](C)N(C(=O)c2ccccc2-n2nccn2)C1. The summed E-state index contributed by atoms with van der Waals surface area (Å²) in [6, 6.07) is 12.3. The molecule has 3 aromatic rings. The van der Waals surface area contributed by atoms with Crippen LogP contribution in [0.4, 0.5) is 5.82 Å². The molecule has 162 valence electrons. The van der Waals surface area contributed by atoms with Gasteiger partial charge in [-0.25, -0.2) is 4.98 Å². The maximum Gasteiger partial charge on any atom is 0.256 e. The van der Waals surface area contributed by atoms with Gasteiger partial charge in [0.1, 0.15) is 5.82 Å². The second kappa shape index (κ2) is 8.98. The van der Waals surface area contributed by atoms with E-state index in [-0.39, 0.29) is 23.9 Å². The highest BCUT2D eigenvalue weighted by molar-refractivity contribution is 5.98. The fraction of sp³-hybridized carbons (Fsp3) is 0.304. The second-order valence-electron chi connectivity index (χ2n) is 7.78. The number of piperidine rings is 1. The van der Waals surface area contributed by atoms with E-state index in [1.54, 1.807) is 46.5 Å². The first-order valence-corrected chi connectivity index (χ1v) is 10.4. The lowest BCUT2D eigenvalue weighted by Crippen LogP contribution is -2.54. The van der Waals surface area contributed by atoms with Gasteiger partial charge in [0.05, 0.1) is 41.3 Å². The molecule has 0 saturated carbocycles. The van der Waals surface area contributed by atoms with Crippen LogP contribution in [0.1, 0.15) is 42.6 Å². The molecule has 0 bridgehead atoms. The van der Waals surface area contributed by atoms with Crippen molar-refractivity contribution in [3.8, 4) is 11.8 Å². The first kappa shape index (κ1) is 21.2. The summed E-state index contributed by atoms with van der Waals surface area (Å²) in [6.07, 6.45) is 6.11. The highest BCUT2D eigenvalue weighted by atomic mass is 16.2. The minimum Gasteiger partial charge on any atom is -0.334 e. The van der Waals surface area contributed by atoms with Crippen molar-refractivity contribution in [2.24, 2.45) is 0 Å². The number of pyridine rings is 1. The Balaban J connectivity index is 1.64. The van der Waals surface area contributed by atoms with E-state index in [1.165, 1.54) is 17.9 Å². The molecule has 32 heavy (non-hydrogen) atoms. The predicted octanol–water partition coefficient (Wildman–Crippen LogP) is 2.58. The molecule has 0 spiro atoms. The Hall–Kier alpha value is -4.06. The average molecular weight is 429 g/mol. The molecule has 1 aromatic carbocycles. The van der Waals surface area contributed by atoms with Crippen LogP contribution in [0.25, 0.3) is 5.69 Å². The largest absolute Gasteiger partial charge is 0.334 e. The Morgan fingerprint density at radius 2 is 1.88 bits per heavy atom. The predicted molar refractivity (Wildman–Crippen MR) is 117 cm³/mol. The van der Waals surface area contributed by atoms with E-state index in [9.17, 15) is 14.9 Å². The van der Waals surface area contributed by atoms with Crippen molar-refractivity contribution in [2.75, 3.05) is 11.4 Å². The number of hydrogen-bond donors (Lipinski definition) is 0. The number of rotatable bonds is 4. The van der Waals surface area contributed by atoms with E-state index < -0.39 is 0 Å². The summed E-state index contributed by atoms with van der Waals surface area (Å²) >= 11 is 0. The van der Waals surface area contributed by atoms with Crippen LogP contribution in [0.2, 0.25) is 0 Å². The highest BCUT2D eigenvalue weighted by Gasteiger charge is 2.35. The number of aromatic nitrogens is 4. The van der Waals surface area contributed by atoms with Gasteiger partial charge < -0.3 is 4.90 Å². The molecule has 0 N–H and O–H groups in total. The van der Waals surface area contributed by atoms with Gasteiger partial charge in [-0.1, -0.05) is 12.1 Å². The van der Waals surface area contributed by atoms with Crippen molar-refractivity contribution in [1.29, 1.82) is 5.26 Å². The van der Waals surface area contributed by atoms with Gasteiger partial charge >= 0.3 is 0 Å². The highest BCUT2D eigenvalue weighted by Crippen LogP contribution is 2.27. The maximum absolute atomic E-state index is 13.6. The quantitative estimate of drug-likeness (QED) is 0.631. The molecule has 1 aliphatic rings. The topological polar surface area (TPSA) is 108 Å². The van der Waals surface area contributed by atoms with Gasteiger partial charge in [-0.05, 0) is 44.0 Å². The molecule has 3 heterocycles. The summed E-state index contributed by atoms with van der Waals surface area (Å²) in [4.78, 5) is 35.3. The lowest BCUT2D eigenvalue weighted by Gasteiger charge is -2.42. The third-order valence-electron chi connectivity index (χ3n) is 5.71. The number of amides is 2. The molecule has 4 rings (SSSR count). The minimum atomic E-state index is -0.246. The van der Waals surface area contributed by atoms with Crippen molar-refractivity contribution in [1.82, 2.24) is 24.9 Å². The number of para-hydroxylation sites is 1. The van der Waals surface area contributed by atoms with Crippen LogP contribution >= 0.6 is 0 Å². The van der Waals surface area contributed by atoms with Gasteiger partial charge in [0.15, 0.2) is 0 Å². The van der Waals surface area contributed by atoms with Crippen molar-refractivity contribution in [2.45, 2.75) is 38.8 Å². The molecule has 2 aromatic heterocycles. The Labute approximate surface area is 185 Å². The zero-order valence-electron chi connectivity index (χ0n) is 17.9. The van der Waals surface area contributed by atoms with Gasteiger partial charge in [0.2, 0.25) is 5.91 Å². The van der Waals surface area contributed by atoms with E-state index >= 15 is 0 Å². The normalized spacial score (nSPS) is 18.1. The third kappa shape index (κ3) is 4.07. The number of benzene rings is 1. The van der Waals surface area contributed by atoms with Gasteiger partial charge in [0, 0.05) is 25.7 Å². The molecule has 1 fully saturated rings. The fourth-order valence-electron chi connectivity index (χ4n) is 4.13. The van der Waals surface area contributed by atoms with Crippen LogP contribution in [0.15, 0.2) is 55.0 Å². The molecule has 9 nitrogen and oxygen atoms in total. The number of carbonyl (C=O) groups excluding carboxylic acids is 2. The summed E-state index contributed by atoms with van der Waals surface area (Å²) in [7, 11) is 0. The van der Waals surface area contributed by atoms with E-state index in [0.717, 1.165) is 12.8 Å². The van der Waals surface area contributed by atoms with Gasteiger partial charge in [0.25, 0.3) is 5.91 Å². The molecular weight excluding hydrogens is 406 g/mol. The molecule has 1 saturated heterocycles. The minimum absolute atomic E-state index is 0.00426. The van der Waals surface area contributed by atoms with Crippen molar-refractivity contribution >= 4 is 17.6 Å². The number of hydrogen-bond acceptors (Lipinski definition) is 6. The Morgan fingerprint density at radius 1 is 1.12 bits per heavy atom. The number of nitrogens with zero attached hydrogens (tertiary/aromatic N) is 7. The summed E-state index contributed by atoms with van der Waals surface area (Å²) in [5, 5.41) is 17.6. The standard InChI is InChI=1S/C23H23N7O2/c1-16-7-8-19(29(17(2)31)22-13-18(14-24)9-10-25-22)15-28(16)23(32)20-5-3-4-6-21(20)30-26-11-12-27-30/h3-6,9-13,16,19H,7-8,15H2,1-2H3/t16-,19-/m1/s1. The molecule has 0 radical (unpaired) electrons. The van der Waals surface area contributed by atoms with Gasteiger partial charge in [-0.15, -0.1) is 0 Å². The van der Waals surface area contributed by atoms with E-state index in [4.69, 9.17) is 0 Å². The van der Waals surface area contributed by atoms with Crippen LogP contribution < -0.4 is 4.90 Å². The summed E-state index contributed by atoms with van der Waals surface area (Å²) < 4.78 is 0. The fourth-order valence-corrected chi connectivity index (χ4v) is 4.13. The summed E-state index contributed by atoms with van der Waals surface area (Å²) in [5.74, 6) is 0.0997. The lowest BCUT2D eigenvalue weighted by atomic mass is 9.96. The first-order valence-electron chi connectivity index (χ1n) is 10.4. The molecule has 9 heteroatoms. The summed E-state index contributed by atoms with van der Waals surface area (Å²) in [5.41, 5.74) is 1.53. The monoisotopic (exact) mass is 429 g/mol. The molecular formula is C23H23N7O2. The average Bonchev–Trinajstić information content (AvgIpc) is 3.35. The molecule has 2 amide bonds. The number of nitriles is 1. The third-order valence-corrected chi connectivity index (χ3v) is 5.71. The Bertz CT molecular complexity index is 1170. The molecule has 1 aliphatic heterocycles. The smallest absolute Gasteiger partial charge is 0.256 e. The number of likely N-dealkylation sites (tertiary alicyclic amines) is 1. The van der Waals surface area contributed by atoms with Crippen LogP contribution in [0, 0.1) is 11.3 Å². The molecule has 0 aliphatic carbocycles. The maximum atomic E-state index is 13.6.